The Bertz CT molecular complexity index is 1660. The zero-order valence-electron chi connectivity index (χ0n) is 18.1. The van der Waals surface area contributed by atoms with Crippen LogP contribution in [0.25, 0.3) is 22.1 Å². The van der Waals surface area contributed by atoms with Crippen molar-refractivity contribution in [1.29, 1.82) is 5.26 Å². The standard InChI is InChI=1S/C25H16Cl2N4O4.CH4/c1-33-18-4-2-11(6-13(18)16-10-31-20(27)8-17(16)26)21-15(9-28)24(30)35-23-14-7-12(29)3-5-19(14)34-25(32)22(21)23;/h2-8,10,21H,29-30H2,1H3;1H4. The number of nitrogens with two attached hydrogens (primary N) is 2. The summed E-state index contributed by atoms with van der Waals surface area (Å²) < 4.78 is 16.9. The summed E-state index contributed by atoms with van der Waals surface area (Å²) in [6.07, 6.45) is 1.52. The molecule has 1 aliphatic heterocycles. The number of aromatic nitrogens is 1. The largest absolute Gasteiger partial charge is 0.496 e. The van der Waals surface area contributed by atoms with Gasteiger partial charge in [0.15, 0.2) is 5.75 Å². The Morgan fingerprint density at radius 2 is 1.89 bits per heavy atom. The highest BCUT2D eigenvalue weighted by molar-refractivity contribution is 6.35. The highest BCUT2D eigenvalue weighted by Gasteiger charge is 2.36. The Hall–Kier alpha value is -4.19. The molecule has 0 aliphatic carbocycles. The number of allylic oxidation sites excluding steroid dienone is 1. The summed E-state index contributed by atoms with van der Waals surface area (Å²) in [6.45, 7) is 0. The molecule has 0 fully saturated rings. The van der Waals surface area contributed by atoms with E-state index in [1.165, 1.54) is 19.4 Å². The Morgan fingerprint density at radius 1 is 1.11 bits per heavy atom. The first kappa shape index (κ1) is 24.9. The number of benzene rings is 2. The quantitative estimate of drug-likeness (QED) is 0.201. The van der Waals surface area contributed by atoms with E-state index in [4.69, 9.17) is 48.6 Å². The molecule has 4 aromatic rings. The van der Waals surface area contributed by atoms with Crippen molar-refractivity contribution in [3.05, 3.63) is 91.8 Å². The first-order valence-electron chi connectivity index (χ1n) is 10.3. The number of hydrogen-bond donors (Lipinski definition) is 2. The second-order valence-corrected chi connectivity index (χ2v) is 8.55. The normalized spacial score (nSPS) is 14.4. The van der Waals surface area contributed by atoms with Gasteiger partial charge < -0.3 is 25.4 Å². The number of nitrogens with zero attached hydrogens (tertiary/aromatic N) is 2. The summed E-state index contributed by atoms with van der Waals surface area (Å²) in [6, 6.07) is 13.6. The van der Waals surface area contributed by atoms with Crippen LogP contribution in [0, 0.1) is 11.3 Å². The Balaban J connectivity index is 0.00000304. The van der Waals surface area contributed by atoms with Gasteiger partial charge in [0.1, 0.15) is 28.1 Å². The predicted molar refractivity (Wildman–Crippen MR) is 139 cm³/mol. The maximum absolute atomic E-state index is 13.2. The summed E-state index contributed by atoms with van der Waals surface area (Å²) in [4.78, 5) is 17.3. The lowest BCUT2D eigenvalue weighted by Crippen LogP contribution is -2.26. The zero-order valence-corrected chi connectivity index (χ0v) is 19.6. The smallest absolute Gasteiger partial charge is 0.344 e. The molecule has 36 heavy (non-hydrogen) atoms. The number of nitriles is 1. The molecule has 1 aliphatic rings. The van der Waals surface area contributed by atoms with Crippen LogP contribution < -0.4 is 26.6 Å². The average Bonchev–Trinajstić information content (AvgIpc) is 2.83. The molecule has 4 N–H and O–H groups in total. The van der Waals surface area contributed by atoms with Crippen LogP contribution in [-0.2, 0) is 0 Å². The average molecular weight is 523 g/mol. The fraction of sp³-hybridized carbons (Fsp3) is 0.115. The number of fused-ring (bicyclic) bond motifs is 3. The minimum absolute atomic E-state index is 0. The number of ether oxygens (including phenoxy) is 2. The third-order valence-corrected chi connectivity index (χ3v) is 6.28. The van der Waals surface area contributed by atoms with Crippen molar-refractivity contribution in [2.24, 2.45) is 5.73 Å². The molecule has 5 rings (SSSR count). The van der Waals surface area contributed by atoms with E-state index >= 15 is 0 Å². The predicted octanol–water partition coefficient (Wildman–Crippen LogP) is 5.61. The Morgan fingerprint density at radius 3 is 2.58 bits per heavy atom. The van der Waals surface area contributed by atoms with Crippen molar-refractivity contribution in [2.75, 3.05) is 12.8 Å². The van der Waals surface area contributed by atoms with Gasteiger partial charge in [-0.25, -0.2) is 9.78 Å². The number of halogens is 2. The van der Waals surface area contributed by atoms with Gasteiger partial charge in [0.05, 0.1) is 29.0 Å². The minimum Gasteiger partial charge on any atom is -0.496 e. The van der Waals surface area contributed by atoms with Gasteiger partial charge in [0, 0.05) is 23.0 Å². The van der Waals surface area contributed by atoms with Gasteiger partial charge in [-0.2, -0.15) is 5.26 Å². The highest BCUT2D eigenvalue weighted by Crippen LogP contribution is 2.46. The number of pyridine rings is 1. The summed E-state index contributed by atoms with van der Waals surface area (Å²) in [5, 5.41) is 11.0. The highest BCUT2D eigenvalue weighted by atomic mass is 35.5. The molecule has 0 amide bonds. The number of rotatable bonds is 3. The van der Waals surface area contributed by atoms with Gasteiger partial charge in [-0.1, -0.05) is 36.7 Å². The molecule has 2 aromatic carbocycles. The second-order valence-electron chi connectivity index (χ2n) is 7.76. The lowest BCUT2D eigenvalue weighted by Gasteiger charge is -2.26. The lowest BCUT2D eigenvalue weighted by molar-refractivity contribution is 0.388. The van der Waals surface area contributed by atoms with E-state index in [-0.39, 0.29) is 40.9 Å². The lowest BCUT2D eigenvalue weighted by atomic mass is 9.82. The molecule has 0 saturated heterocycles. The van der Waals surface area contributed by atoms with E-state index in [1.807, 2.05) is 0 Å². The van der Waals surface area contributed by atoms with Crippen molar-refractivity contribution >= 4 is 39.9 Å². The van der Waals surface area contributed by atoms with Crippen LogP contribution in [0.2, 0.25) is 10.2 Å². The van der Waals surface area contributed by atoms with Crippen molar-refractivity contribution in [3.63, 3.8) is 0 Å². The second kappa shape index (κ2) is 9.46. The Kier molecular flexibility index (Phi) is 6.55. The maximum Gasteiger partial charge on any atom is 0.344 e. The van der Waals surface area contributed by atoms with Gasteiger partial charge in [-0.3, -0.25) is 0 Å². The molecule has 0 saturated carbocycles. The van der Waals surface area contributed by atoms with Crippen LogP contribution in [-0.4, -0.2) is 12.1 Å². The van der Waals surface area contributed by atoms with Crippen molar-refractivity contribution in [1.82, 2.24) is 4.98 Å². The molecule has 182 valence electrons. The van der Waals surface area contributed by atoms with Gasteiger partial charge in [0.25, 0.3) is 0 Å². The first-order valence-corrected chi connectivity index (χ1v) is 11.0. The van der Waals surface area contributed by atoms with Crippen molar-refractivity contribution in [3.8, 4) is 28.7 Å². The number of hydrogen-bond acceptors (Lipinski definition) is 8. The van der Waals surface area contributed by atoms with E-state index in [0.717, 1.165) is 0 Å². The number of methoxy groups -OCH3 is 1. The van der Waals surface area contributed by atoms with E-state index in [2.05, 4.69) is 11.1 Å². The fourth-order valence-electron chi connectivity index (χ4n) is 4.19. The third-order valence-electron chi connectivity index (χ3n) is 5.76. The molecule has 0 radical (unpaired) electrons. The van der Waals surface area contributed by atoms with Crippen LogP contribution in [0.5, 0.6) is 11.5 Å². The zero-order chi connectivity index (χ0) is 24.9. The van der Waals surface area contributed by atoms with Crippen LogP contribution in [0.1, 0.15) is 24.5 Å². The Labute approximate surface area is 216 Å². The molecule has 10 heteroatoms. The van der Waals surface area contributed by atoms with Gasteiger partial charge in [0.2, 0.25) is 5.88 Å². The van der Waals surface area contributed by atoms with Crippen LogP contribution in [0.3, 0.4) is 0 Å². The summed E-state index contributed by atoms with van der Waals surface area (Å²) in [7, 11) is 1.52. The molecule has 1 atom stereocenters. The molecule has 0 spiro atoms. The van der Waals surface area contributed by atoms with Crippen LogP contribution in [0.4, 0.5) is 5.69 Å². The SMILES string of the molecule is C.COc1ccc(C2C(C#N)=C(N)Oc3c2c(=O)oc2ccc(N)cc32)cc1-c1cnc(Cl)cc1Cl. The van der Waals surface area contributed by atoms with Crippen molar-refractivity contribution < 1.29 is 13.9 Å². The first-order chi connectivity index (χ1) is 16.8. The molecule has 1 unspecified atom stereocenters. The van der Waals surface area contributed by atoms with E-state index in [9.17, 15) is 10.1 Å². The summed E-state index contributed by atoms with van der Waals surface area (Å²) in [5.41, 5.74) is 14.1. The topological polar surface area (TPSA) is 137 Å². The summed E-state index contributed by atoms with van der Waals surface area (Å²) in [5.74, 6) is -0.313. The molecule has 8 nitrogen and oxygen atoms in total. The summed E-state index contributed by atoms with van der Waals surface area (Å²) >= 11 is 12.4. The van der Waals surface area contributed by atoms with E-state index in [0.29, 0.717) is 38.5 Å². The van der Waals surface area contributed by atoms with E-state index < -0.39 is 11.5 Å². The number of nitrogen functional groups attached to an aromatic ring is 1. The molecular formula is C26H20Cl2N4O4. The van der Waals surface area contributed by atoms with Crippen LogP contribution >= 0.6 is 23.2 Å². The third kappa shape index (κ3) is 3.98. The van der Waals surface area contributed by atoms with Gasteiger partial charge in [-0.05, 0) is 42.0 Å². The molecule has 0 bridgehead atoms. The monoisotopic (exact) mass is 522 g/mol. The fourth-order valence-corrected chi connectivity index (χ4v) is 4.66. The van der Waals surface area contributed by atoms with Gasteiger partial charge in [-0.15, -0.1) is 0 Å². The van der Waals surface area contributed by atoms with E-state index in [1.54, 1.807) is 36.4 Å². The molecular weight excluding hydrogens is 503 g/mol. The molecule has 2 aromatic heterocycles. The minimum atomic E-state index is -0.880. The number of anilines is 1. The maximum atomic E-state index is 13.2. The van der Waals surface area contributed by atoms with Gasteiger partial charge >= 0.3 is 5.63 Å². The van der Waals surface area contributed by atoms with Crippen molar-refractivity contribution in [2.45, 2.75) is 13.3 Å². The molecule has 3 heterocycles. The van der Waals surface area contributed by atoms with Crippen LogP contribution in [0.15, 0.2) is 69.3 Å².